The molecule has 14 heteroatoms. The zero-order chi connectivity index (χ0) is 35.8. The van der Waals surface area contributed by atoms with Crippen LogP contribution in [0.5, 0.6) is 0 Å². The molecule has 0 bridgehead atoms. The first-order valence-electron chi connectivity index (χ1n) is 17.8. The Labute approximate surface area is 297 Å². The van der Waals surface area contributed by atoms with Crippen LogP contribution in [0, 0.1) is 13.8 Å². The molecule has 0 radical (unpaired) electrons. The van der Waals surface area contributed by atoms with Crippen molar-refractivity contribution < 1.29 is 35.9 Å². The normalized spacial score (nSPS) is 21.1. The second-order valence-electron chi connectivity index (χ2n) is 13.9. The fourth-order valence-corrected chi connectivity index (χ4v) is 10.1. The van der Waals surface area contributed by atoms with Gasteiger partial charge in [-0.1, -0.05) is 73.9 Å². The second kappa shape index (κ2) is 16.6. The molecule has 2 heterocycles. The van der Waals surface area contributed by atoms with Crippen LogP contribution in [0.1, 0.15) is 75.3 Å². The summed E-state index contributed by atoms with van der Waals surface area (Å²) in [4.78, 5) is 30.3. The number of hydrogen-bond donors (Lipinski definition) is 2. The fraction of sp³-hybridized carbons (Fsp3) is 0.611. The minimum atomic E-state index is -3.75. The van der Waals surface area contributed by atoms with E-state index in [1.807, 2.05) is 13.8 Å². The minimum Gasteiger partial charge on any atom is -0.378 e. The number of ether oxygens (including phenoxy) is 2. The van der Waals surface area contributed by atoms with Gasteiger partial charge in [0.15, 0.2) is 0 Å². The van der Waals surface area contributed by atoms with E-state index < -0.39 is 31.1 Å². The third kappa shape index (κ3) is 9.31. The van der Waals surface area contributed by atoms with E-state index >= 15 is 0 Å². The van der Waals surface area contributed by atoms with Crippen molar-refractivity contribution >= 4 is 31.9 Å². The van der Waals surface area contributed by atoms with E-state index in [0.29, 0.717) is 78.3 Å². The molecule has 2 aromatic carbocycles. The minimum absolute atomic E-state index is 0.105. The van der Waals surface area contributed by atoms with Crippen LogP contribution >= 0.6 is 0 Å². The number of nitrogens with one attached hydrogen (secondary N) is 2. The Hall–Kier alpha value is -2.88. The van der Waals surface area contributed by atoms with Crippen LogP contribution in [0.2, 0.25) is 0 Å². The summed E-state index contributed by atoms with van der Waals surface area (Å²) < 4.78 is 67.8. The lowest BCUT2D eigenvalue weighted by molar-refractivity contribution is -0.143. The van der Waals surface area contributed by atoms with Gasteiger partial charge in [-0.25, -0.2) is 16.8 Å². The molecule has 4 fully saturated rings. The van der Waals surface area contributed by atoms with E-state index in [-0.39, 0.29) is 21.6 Å². The van der Waals surface area contributed by atoms with Gasteiger partial charge in [0.1, 0.15) is 11.1 Å². The van der Waals surface area contributed by atoms with Gasteiger partial charge in [-0.15, -0.1) is 0 Å². The van der Waals surface area contributed by atoms with Gasteiger partial charge in [0.05, 0.1) is 36.2 Å². The lowest BCUT2D eigenvalue weighted by Gasteiger charge is -2.41. The number of hydrogen-bond acceptors (Lipinski definition) is 8. The Balaban J connectivity index is 0.000000194. The summed E-state index contributed by atoms with van der Waals surface area (Å²) in [6.07, 6.45) is 7.68. The largest absolute Gasteiger partial charge is 0.378 e. The smallest absolute Gasteiger partial charge is 0.244 e. The van der Waals surface area contributed by atoms with E-state index in [4.69, 9.17) is 9.47 Å². The highest BCUT2D eigenvalue weighted by molar-refractivity contribution is 7.89. The summed E-state index contributed by atoms with van der Waals surface area (Å²) in [5.74, 6) is -0.211. The van der Waals surface area contributed by atoms with E-state index in [9.17, 15) is 26.4 Å². The van der Waals surface area contributed by atoms with Crippen LogP contribution in [0.3, 0.4) is 0 Å². The predicted octanol–water partition coefficient (Wildman–Crippen LogP) is 3.67. The van der Waals surface area contributed by atoms with E-state index in [1.54, 1.807) is 58.3 Å². The molecule has 6 rings (SSSR count). The molecule has 12 nitrogen and oxygen atoms in total. The SMILES string of the molecule is Cc1ccc(S(=O)(=O)NC2(C(=O)N3CCOCC3)CCCCC2)cc1.Cc1ccc(S(=O)(=O)NC2(C(=O)N3CCOCC3)CCCCC2)cc1. The van der Waals surface area contributed by atoms with Gasteiger partial charge in [0, 0.05) is 26.2 Å². The number of carbonyl (C=O) groups excluding carboxylic acids is 2. The molecule has 0 spiro atoms. The van der Waals surface area contributed by atoms with Crippen LogP contribution in [0.4, 0.5) is 0 Å². The second-order valence-corrected chi connectivity index (χ2v) is 17.3. The van der Waals surface area contributed by atoms with E-state index in [0.717, 1.165) is 49.7 Å². The van der Waals surface area contributed by atoms with Crippen LogP contribution in [0.15, 0.2) is 58.3 Å². The summed E-state index contributed by atoms with van der Waals surface area (Å²) >= 11 is 0. The van der Waals surface area contributed by atoms with Crippen molar-refractivity contribution in [3.63, 3.8) is 0 Å². The van der Waals surface area contributed by atoms with Crippen molar-refractivity contribution in [2.75, 3.05) is 52.6 Å². The van der Waals surface area contributed by atoms with Gasteiger partial charge in [0.25, 0.3) is 0 Å². The first kappa shape index (κ1) is 38.4. The summed E-state index contributed by atoms with van der Waals surface area (Å²) in [5, 5.41) is 0. The number of sulfonamides is 2. The topological polar surface area (TPSA) is 151 Å². The molecule has 2 amide bonds. The molecule has 2 aromatic rings. The Kier molecular flexibility index (Phi) is 12.8. The number of aryl methyl sites for hydroxylation is 2. The number of morpholine rings is 2. The molecule has 2 aliphatic carbocycles. The molecule has 50 heavy (non-hydrogen) atoms. The summed E-state index contributed by atoms with van der Waals surface area (Å²) in [6.45, 7) is 7.93. The van der Waals surface area contributed by atoms with Gasteiger partial charge < -0.3 is 19.3 Å². The van der Waals surface area contributed by atoms with Gasteiger partial charge in [-0.05, 0) is 63.8 Å². The molecule has 0 atom stereocenters. The van der Waals surface area contributed by atoms with Gasteiger partial charge >= 0.3 is 0 Å². The maximum Gasteiger partial charge on any atom is 0.244 e. The number of carbonyl (C=O) groups is 2. The number of nitrogens with zero attached hydrogens (tertiary/aromatic N) is 2. The molecule has 2 saturated carbocycles. The average molecular weight is 733 g/mol. The summed E-state index contributed by atoms with van der Waals surface area (Å²) in [7, 11) is -7.50. The maximum absolute atomic E-state index is 13.2. The monoisotopic (exact) mass is 732 g/mol. The van der Waals surface area contributed by atoms with Gasteiger partial charge in [0.2, 0.25) is 31.9 Å². The van der Waals surface area contributed by atoms with Crippen LogP contribution in [-0.4, -0.2) is 102 Å². The van der Waals surface area contributed by atoms with Gasteiger partial charge in [-0.2, -0.15) is 9.44 Å². The molecular weight excluding hydrogens is 681 g/mol. The Bertz CT molecular complexity index is 1530. The molecule has 4 aliphatic rings. The first-order valence-corrected chi connectivity index (χ1v) is 20.8. The molecule has 2 aliphatic heterocycles. The Morgan fingerprint density at radius 2 is 0.840 bits per heavy atom. The molecule has 0 aromatic heterocycles. The Morgan fingerprint density at radius 1 is 0.540 bits per heavy atom. The van der Waals surface area contributed by atoms with E-state index in [2.05, 4.69) is 9.44 Å². The lowest BCUT2D eigenvalue weighted by atomic mass is 9.81. The van der Waals surface area contributed by atoms with Crippen molar-refractivity contribution in [3.8, 4) is 0 Å². The highest BCUT2D eigenvalue weighted by atomic mass is 32.2. The predicted molar refractivity (Wildman–Crippen MR) is 189 cm³/mol. The quantitative estimate of drug-likeness (QED) is 0.418. The van der Waals surface area contributed by atoms with Crippen molar-refractivity contribution in [2.45, 2.75) is 98.9 Å². The summed E-state index contributed by atoms with van der Waals surface area (Å²) in [5.41, 5.74) is -0.0648. The molecule has 276 valence electrons. The average Bonchev–Trinajstić information content (AvgIpc) is 3.13. The molecular formula is C36H52N4O8S2. The van der Waals surface area contributed by atoms with E-state index in [1.165, 1.54) is 0 Å². The highest BCUT2D eigenvalue weighted by Crippen LogP contribution is 2.33. The van der Waals surface area contributed by atoms with Crippen molar-refractivity contribution in [1.29, 1.82) is 0 Å². The number of benzene rings is 2. The number of amides is 2. The van der Waals surface area contributed by atoms with Crippen LogP contribution in [-0.2, 0) is 39.1 Å². The zero-order valence-corrected chi connectivity index (χ0v) is 31.0. The third-order valence-electron chi connectivity index (χ3n) is 10.2. The standard InChI is InChI=1S/2C18H26N2O4S/c2*1-15-5-7-16(8-6-15)25(22,23)19-18(9-3-2-4-10-18)17(21)20-11-13-24-14-12-20/h2*5-8,19H,2-4,9-14H2,1H3. The third-order valence-corrected chi connectivity index (χ3v) is 13.3. The van der Waals surface area contributed by atoms with Crippen LogP contribution < -0.4 is 9.44 Å². The summed E-state index contributed by atoms with van der Waals surface area (Å²) in [6, 6.07) is 13.4. The van der Waals surface area contributed by atoms with Crippen molar-refractivity contribution in [3.05, 3.63) is 59.7 Å². The van der Waals surface area contributed by atoms with Crippen molar-refractivity contribution in [1.82, 2.24) is 19.2 Å². The Morgan fingerprint density at radius 3 is 1.14 bits per heavy atom. The molecule has 2 saturated heterocycles. The fourth-order valence-electron chi connectivity index (χ4n) is 7.24. The molecule has 0 unspecified atom stereocenters. The lowest BCUT2D eigenvalue weighted by Crippen LogP contribution is -2.61. The maximum atomic E-state index is 13.2. The highest BCUT2D eigenvalue weighted by Gasteiger charge is 2.46. The number of rotatable bonds is 8. The van der Waals surface area contributed by atoms with Gasteiger partial charge in [-0.3, -0.25) is 9.59 Å². The van der Waals surface area contributed by atoms with Crippen LogP contribution in [0.25, 0.3) is 0 Å². The molecule has 2 N–H and O–H groups in total. The zero-order valence-electron chi connectivity index (χ0n) is 29.3. The van der Waals surface area contributed by atoms with Crippen molar-refractivity contribution in [2.24, 2.45) is 0 Å². The first-order chi connectivity index (χ1) is 23.9.